The summed E-state index contributed by atoms with van der Waals surface area (Å²) >= 11 is 0. The molecule has 0 bridgehead atoms. The molecule has 5 nitrogen and oxygen atoms in total. The van der Waals surface area contributed by atoms with Crippen molar-refractivity contribution in [2.24, 2.45) is 5.92 Å². The molecule has 0 aromatic heterocycles. The maximum absolute atomic E-state index is 12.7. The number of rotatable bonds is 7. The number of aliphatic carboxylic acids is 1. The summed E-state index contributed by atoms with van der Waals surface area (Å²) in [5.74, 6) is -1.27. The van der Waals surface area contributed by atoms with Gasteiger partial charge in [0.1, 0.15) is 5.60 Å². The monoisotopic (exact) mass is 383 g/mol. The number of carboxylic acids is 1. The zero-order valence-electron chi connectivity index (χ0n) is 17.0. The van der Waals surface area contributed by atoms with E-state index in [0.29, 0.717) is 19.4 Å². The number of anilines is 1. The van der Waals surface area contributed by atoms with Crippen LogP contribution in [-0.4, -0.2) is 29.3 Å². The van der Waals surface area contributed by atoms with E-state index in [1.165, 1.54) is 0 Å². The summed E-state index contributed by atoms with van der Waals surface area (Å²) in [5, 5.41) is 9.06. The summed E-state index contributed by atoms with van der Waals surface area (Å²) in [5.41, 5.74) is 2.30. The number of hydrogen-bond donors (Lipinski definition) is 1. The van der Waals surface area contributed by atoms with E-state index in [4.69, 9.17) is 9.84 Å². The van der Waals surface area contributed by atoms with Crippen molar-refractivity contribution in [1.82, 2.24) is 0 Å². The second-order valence-corrected chi connectivity index (χ2v) is 7.93. The molecule has 2 rings (SSSR count). The summed E-state index contributed by atoms with van der Waals surface area (Å²) in [6.07, 6.45) is 0.645. The van der Waals surface area contributed by atoms with Crippen LogP contribution in [0.5, 0.6) is 0 Å². The van der Waals surface area contributed by atoms with E-state index in [0.717, 1.165) is 16.8 Å². The molecule has 150 valence electrons. The fraction of sp³-hybridized carbons (Fsp3) is 0.391. The summed E-state index contributed by atoms with van der Waals surface area (Å²) in [4.78, 5) is 25.3. The summed E-state index contributed by atoms with van der Waals surface area (Å²) in [6.45, 7) is 7.56. The number of carboxylic acid groups (broad SMARTS) is 1. The molecule has 0 spiro atoms. The molecular weight excluding hydrogens is 354 g/mol. The first kappa shape index (κ1) is 21.5. The molecule has 0 aliphatic heterocycles. The van der Waals surface area contributed by atoms with Crippen molar-refractivity contribution in [3.8, 4) is 11.1 Å². The van der Waals surface area contributed by atoms with Crippen LogP contribution in [-0.2, 0) is 9.53 Å². The van der Waals surface area contributed by atoms with Gasteiger partial charge in [-0.25, -0.2) is 4.79 Å². The van der Waals surface area contributed by atoms with Crippen LogP contribution < -0.4 is 4.90 Å². The fourth-order valence-corrected chi connectivity index (χ4v) is 2.79. The molecule has 2 aromatic carbocycles. The predicted octanol–water partition coefficient (Wildman–Crippen LogP) is 5.60. The lowest BCUT2D eigenvalue weighted by Crippen LogP contribution is -2.37. The minimum absolute atomic E-state index is 0.400. The highest BCUT2D eigenvalue weighted by Crippen LogP contribution is 2.25. The SMILES string of the molecule is C[C@@H](CCCN(C(=O)OC(C)(C)C)c1ccc(-c2ccccc2)cc1)C(=O)O. The largest absolute Gasteiger partial charge is 0.481 e. The van der Waals surface area contributed by atoms with Crippen LogP contribution in [0.4, 0.5) is 10.5 Å². The number of nitrogens with zero attached hydrogens (tertiary/aromatic N) is 1. The van der Waals surface area contributed by atoms with Gasteiger partial charge in [-0.1, -0.05) is 49.4 Å². The van der Waals surface area contributed by atoms with Crippen molar-refractivity contribution in [2.45, 2.75) is 46.1 Å². The molecule has 5 heteroatoms. The van der Waals surface area contributed by atoms with Crippen molar-refractivity contribution in [2.75, 3.05) is 11.4 Å². The second kappa shape index (κ2) is 9.40. The van der Waals surface area contributed by atoms with Gasteiger partial charge in [-0.15, -0.1) is 0 Å². The van der Waals surface area contributed by atoms with Crippen LogP contribution in [0.3, 0.4) is 0 Å². The lowest BCUT2D eigenvalue weighted by atomic mass is 10.0. The van der Waals surface area contributed by atoms with Gasteiger partial charge in [0.15, 0.2) is 0 Å². The number of amides is 1. The van der Waals surface area contributed by atoms with E-state index in [2.05, 4.69) is 0 Å². The maximum Gasteiger partial charge on any atom is 0.414 e. The highest BCUT2D eigenvalue weighted by atomic mass is 16.6. The number of hydrogen-bond acceptors (Lipinski definition) is 3. The van der Waals surface area contributed by atoms with Crippen molar-refractivity contribution >= 4 is 17.7 Å². The fourth-order valence-electron chi connectivity index (χ4n) is 2.79. The molecule has 0 fully saturated rings. The highest BCUT2D eigenvalue weighted by molar-refractivity contribution is 5.88. The quantitative estimate of drug-likeness (QED) is 0.676. The molecule has 0 aliphatic rings. The molecule has 0 heterocycles. The first-order chi connectivity index (χ1) is 13.2. The Morgan fingerprint density at radius 2 is 1.57 bits per heavy atom. The molecule has 0 radical (unpaired) electrons. The van der Waals surface area contributed by atoms with E-state index < -0.39 is 23.6 Å². The van der Waals surface area contributed by atoms with Crippen LogP contribution in [0.15, 0.2) is 54.6 Å². The minimum atomic E-state index is -0.823. The topological polar surface area (TPSA) is 66.8 Å². The van der Waals surface area contributed by atoms with Crippen LogP contribution in [0.25, 0.3) is 11.1 Å². The van der Waals surface area contributed by atoms with Gasteiger partial charge >= 0.3 is 12.1 Å². The van der Waals surface area contributed by atoms with Crippen molar-refractivity contribution in [3.05, 3.63) is 54.6 Å². The Balaban J connectivity index is 2.17. The third-order valence-electron chi connectivity index (χ3n) is 4.34. The Morgan fingerprint density at radius 3 is 2.11 bits per heavy atom. The smallest absolute Gasteiger partial charge is 0.414 e. The highest BCUT2D eigenvalue weighted by Gasteiger charge is 2.24. The Labute approximate surface area is 166 Å². The second-order valence-electron chi connectivity index (χ2n) is 7.93. The Hall–Kier alpha value is -2.82. The molecule has 0 aliphatic carbocycles. The van der Waals surface area contributed by atoms with E-state index in [9.17, 15) is 9.59 Å². The summed E-state index contributed by atoms with van der Waals surface area (Å²) in [7, 11) is 0. The van der Waals surface area contributed by atoms with Crippen molar-refractivity contribution < 1.29 is 19.4 Å². The molecule has 0 saturated carbocycles. The molecule has 1 atom stereocenters. The molecule has 0 saturated heterocycles. The zero-order chi connectivity index (χ0) is 20.7. The first-order valence-corrected chi connectivity index (χ1v) is 9.56. The molecule has 1 amide bonds. The molecule has 28 heavy (non-hydrogen) atoms. The van der Waals surface area contributed by atoms with E-state index in [1.54, 1.807) is 11.8 Å². The van der Waals surface area contributed by atoms with E-state index >= 15 is 0 Å². The normalized spacial score (nSPS) is 12.3. The van der Waals surface area contributed by atoms with Gasteiger partial charge in [0.2, 0.25) is 0 Å². The number of ether oxygens (including phenoxy) is 1. The number of benzene rings is 2. The number of carbonyl (C=O) groups excluding carboxylic acids is 1. The van der Waals surface area contributed by atoms with Crippen molar-refractivity contribution in [3.63, 3.8) is 0 Å². The van der Waals surface area contributed by atoms with Gasteiger partial charge in [0.05, 0.1) is 5.92 Å². The molecule has 1 N–H and O–H groups in total. The summed E-state index contributed by atoms with van der Waals surface area (Å²) in [6, 6.07) is 17.8. The Kier molecular flexibility index (Phi) is 7.21. The molecular formula is C23H29NO4. The van der Waals surface area contributed by atoms with Crippen LogP contribution in [0, 0.1) is 5.92 Å². The number of carbonyl (C=O) groups is 2. The minimum Gasteiger partial charge on any atom is -0.481 e. The lowest BCUT2D eigenvalue weighted by Gasteiger charge is -2.28. The third-order valence-corrected chi connectivity index (χ3v) is 4.34. The van der Waals surface area contributed by atoms with Gasteiger partial charge in [-0.3, -0.25) is 9.69 Å². The van der Waals surface area contributed by atoms with Gasteiger partial charge in [-0.05, 0) is 56.9 Å². The van der Waals surface area contributed by atoms with Crippen LogP contribution >= 0.6 is 0 Å². The van der Waals surface area contributed by atoms with Gasteiger partial charge in [0.25, 0.3) is 0 Å². The van der Waals surface area contributed by atoms with E-state index in [-0.39, 0.29) is 0 Å². The van der Waals surface area contributed by atoms with Gasteiger partial charge in [-0.2, -0.15) is 0 Å². The van der Waals surface area contributed by atoms with Gasteiger partial charge in [0, 0.05) is 12.2 Å². The maximum atomic E-state index is 12.7. The van der Waals surface area contributed by atoms with Gasteiger partial charge < -0.3 is 9.84 Å². The first-order valence-electron chi connectivity index (χ1n) is 9.56. The standard InChI is InChI=1S/C23H29NO4/c1-17(21(25)26)9-8-16-24(22(27)28-23(2,3)4)20-14-12-19(13-15-20)18-10-6-5-7-11-18/h5-7,10-15,17H,8-9,16H2,1-4H3,(H,25,26)/t17-/m0/s1. The Bertz CT molecular complexity index is 778. The Morgan fingerprint density at radius 1 is 1.00 bits per heavy atom. The molecule has 0 unspecified atom stereocenters. The molecule has 2 aromatic rings. The zero-order valence-corrected chi connectivity index (χ0v) is 17.0. The lowest BCUT2D eigenvalue weighted by molar-refractivity contribution is -0.141. The van der Waals surface area contributed by atoms with E-state index in [1.807, 2.05) is 75.4 Å². The average molecular weight is 383 g/mol. The van der Waals surface area contributed by atoms with Crippen LogP contribution in [0.2, 0.25) is 0 Å². The average Bonchev–Trinajstić information content (AvgIpc) is 2.64. The summed E-state index contributed by atoms with van der Waals surface area (Å²) < 4.78 is 5.54. The van der Waals surface area contributed by atoms with Crippen LogP contribution in [0.1, 0.15) is 40.5 Å². The van der Waals surface area contributed by atoms with Crippen molar-refractivity contribution in [1.29, 1.82) is 0 Å². The predicted molar refractivity (Wildman–Crippen MR) is 111 cm³/mol. The third kappa shape index (κ3) is 6.41.